The van der Waals surface area contributed by atoms with Crippen LogP contribution in [-0.4, -0.2) is 22.2 Å². The van der Waals surface area contributed by atoms with Gasteiger partial charge in [0.05, 0.1) is 0 Å². The van der Waals surface area contributed by atoms with Gasteiger partial charge in [0.1, 0.15) is 0 Å². The van der Waals surface area contributed by atoms with E-state index in [1.54, 1.807) is 0 Å². The molecule has 11 heavy (non-hydrogen) atoms. The third kappa shape index (κ3) is 12.7. The van der Waals surface area contributed by atoms with Gasteiger partial charge < -0.3 is 10.2 Å². The van der Waals surface area contributed by atoms with Crippen molar-refractivity contribution in [2.24, 2.45) is 0 Å². The topological polar surface area (TPSA) is 74.6 Å². The molecule has 0 saturated heterocycles. The number of carboxylic acids is 2. The fraction of sp³-hybridized carbons (Fsp3) is 0.667. The molecular weight excluding hydrogens is 187 g/mol. The number of unbranched alkanes of at least 4 members (excludes halogenated alkanes) is 1. The van der Waals surface area contributed by atoms with Crippen LogP contribution in [0.5, 0.6) is 0 Å². The number of carbonyl (C=O) groups is 2. The van der Waals surface area contributed by atoms with Gasteiger partial charge in [-0.05, 0) is 12.8 Å². The van der Waals surface area contributed by atoms with E-state index in [-0.39, 0.29) is 31.4 Å². The summed E-state index contributed by atoms with van der Waals surface area (Å²) in [5.74, 6) is -1.74. The van der Waals surface area contributed by atoms with Gasteiger partial charge in [0.2, 0.25) is 0 Å². The molecule has 0 aromatic carbocycles. The Balaban J connectivity index is 0. The Morgan fingerprint density at radius 1 is 0.909 bits per heavy atom. The molecule has 5 heteroatoms. The van der Waals surface area contributed by atoms with Gasteiger partial charge in [-0.25, -0.2) is 0 Å². The maximum Gasteiger partial charge on any atom is 0.303 e. The van der Waals surface area contributed by atoms with Gasteiger partial charge in [0, 0.05) is 31.4 Å². The zero-order valence-corrected chi connectivity index (χ0v) is 7.38. The second-order valence-corrected chi connectivity index (χ2v) is 1.99. The van der Waals surface area contributed by atoms with E-state index in [1.165, 1.54) is 0 Å². The minimum atomic E-state index is -0.870. The van der Waals surface area contributed by atoms with Gasteiger partial charge in [-0.15, -0.1) is 0 Å². The summed E-state index contributed by atoms with van der Waals surface area (Å²) in [6.07, 6.45) is 1.02. The molecule has 0 heterocycles. The normalized spacial score (nSPS) is 8.36. The smallest absolute Gasteiger partial charge is 0.303 e. The van der Waals surface area contributed by atoms with E-state index >= 15 is 0 Å². The molecule has 2 N–H and O–H groups in total. The Hall–Kier alpha value is -0.476. The molecule has 0 aliphatic rings. The van der Waals surface area contributed by atoms with Gasteiger partial charge in [-0.2, -0.15) is 0 Å². The number of aliphatic carboxylic acids is 2. The average Bonchev–Trinajstić information content (AvgIpc) is 1.79. The van der Waals surface area contributed by atoms with Crippen LogP contribution >= 0.6 is 0 Å². The zero-order chi connectivity index (χ0) is 7.98. The van der Waals surface area contributed by atoms with Crippen molar-refractivity contribution in [3.05, 3.63) is 0 Å². The van der Waals surface area contributed by atoms with E-state index < -0.39 is 11.9 Å². The molecule has 0 bridgehead atoms. The minimum Gasteiger partial charge on any atom is -0.481 e. The van der Waals surface area contributed by atoms with E-state index in [4.69, 9.17) is 10.2 Å². The van der Waals surface area contributed by atoms with Crippen LogP contribution in [0.2, 0.25) is 0 Å². The van der Waals surface area contributed by atoms with E-state index in [1.807, 2.05) is 0 Å². The first-order valence-corrected chi connectivity index (χ1v) is 3.06. The Labute approximate surface area is 76.5 Å². The largest absolute Gasteiger partial charge is 0.481 e. The van der Waals surface area contributed by atoms with Crippen LogP contribution < -0.4 is 0 Å². The number of carboxylic acid groups (broad SMARTS) is 2. The standard InChI is InChI=1S/C6H10O4.V/c7-5(8)3-1-2-4-6(9)10;/h1-4H2,(H,7,8)(H,9,10);. The Bertz CT molecular complexity index is 119. The molecule has 0 fully saturated rings. The van der Waals surface area contributed by atoms with Crippen molar-refractivity contribution in [2.45, 2.75) is 25.7 Å². The average molecular weight is 197 g/mol. The van der Waals surface area contributed by atoms with Crippen LogP contribution in [0.1, 0.15) is 25.7 Å². The quantitative estimate of drug-likeness (QED) is 0.636. The number of hydrogen-bond acceptors (Lipinski definition) is 2. The molecule has 4 nitrogen and oxygen atoms in total. The second-order valence-electron chi connectivity index (χ2n) is 1.99. The van der Waals surface area contributed by atoms with Gasteiger partial charge in [0.25, 0.3) is 0 Å². The SMILES string of the molecule is O=C(O)CCCCC(=O)O.[V]. The second kappa shape index (κ2) is 7.63. The Kier molecular flexibility index (Phi) is 9.11. The molecular formula is C6H10O4V. The van der Waals surface area contributed by atoms with Gasteiger partial charge in [0.15, 0.2) is 0 Å². The zero-order valence-electron chi connectivity index (χ0n) is 5.99. The summed E-state index contributed by atoms with van der Waals surface area (Å²) in [5, 5.41) is 16.3. The van der Waals surface area contributed by atoms with Gasteiger partial charge in [-0.1, -0.05) is 0 Å². The molecule has 0 amide bonds. The first-order chi connectivity index (χ1) is 4.63. The summed E-state index contributed by atoms with van der Waals surface area (Å²) in [6.45, 7) is 0. The first kappa shape index (κ1) is 13.1. The molecule has 0 aromatic heterocycles. The van der Waals surface area contributed by atoms with Crippen molar-refractivity contribution in [3.8, 4) is 0 Å². The van der Waals surface area contributed by atoms with Gasteiger partial charge in [-0.3, -0.25) is 9.59 Å². The van der Waals surface area contributed by atoms with Crippen molar-refractivity contribution in [1.29, 1.82) is 0 Å². The summed E-state index contributed by atoms with van der Waals surface area (Å²) < 4.78 is 0. The fourth-order valence-corrected chi connectivity index (χ4v) is 0.552. The monoisotopic (exact) mass is 197 g/mol. The maximum absolute atomic E-state index is 9.90. The molecule has 63 valence electrons. The van der Waals surface area contributed by atoms with Crippen LogP contribution in [0.3, 0.4) is 0 Å². The molecule has 0 atom stereocenters. The first-order valence-electron chi connectivity index (χ1n) is 3.06. The molecule has 1 radical (unpaired) electrons. The maximum atomic E-state index is 9.90. The van der Waals surface area contributed by atoms with Crippen LogP contribution in [0, 0.1) is 0 Å². The van der Waals surface area contributed by atoms with Crippen LogP contribution in [0.15, 0.2) is 0 Å². The van der Waals surface area contributed by atoms with E-state index in [9.17, 15) is 9.59 Å². The molecule has 0 saturated carbocycles. The molecule has 0 rings (SSSR count). The summed E-state index contributed by atoms with van der Waals surface area (Å²) in [4.78, 5) is 19.8. The van der Waals surface area contributed by atoms with Crippen molar-refractivity contribution >= 4 is 11.9 Å². The van der Waals surface area contributed by atoms with Crippen LogP contribution in [-0.2, 0) is 28.1 Å². The summed E-state index contributed by atoms with van der Waals surface area (Å²) in [7, 11) is 0. The van der Waals surface area contributed by atoms with Gasteiger partial charge >= 0.3 is 11.9 Å². The Morgan fingerprint density at radius 3 is 1.36 bits per heavy atom. The third-order valence-corrected chi connectivity index (χ3v) is 1.03. The van der Waals surface area contributed by atoms with E-state index in [0.29, 0.717) is 12.8 Å². The summed E-state index contributed by atoms with van der Waals surface area (Å²) >= 11 is 0. The van der Waals surface area contributed by atoms with Crippen molar-refractivity contribution < 1.29 is 38.4 Å². The molecule has 0 aromatic rings. The molecule has 0 spiro atoms. The van der Waals surface area contributed by atoms with Crippen molar-refractivity contribution in [3.63, 3.8) is 0 Å². The molecule has 0 unspecified atom stereocenters. The van der Waals surface area contributed by atoms with Crippen LogP contribution in [0.4, 0.5) is 0 Å². The minimum absolute atomic E-state index is 0. The molecule has 0 aliphatic heterocycles. The van der Waals surface area contributed by atoms with E-state index in [2.05, 4.69) is 0 Å². The van der Waals surface area contributed by atoms with Crippen LogP contribution in [0.25, 0.3) is 0 Å². The third-order valence-electron chi connectivity index (χ3n) is 1.03. The predicted molar refractivity (Wildman–Crippen MR) is 33.7 cm³/mol. The summed E-state index contributed by atoms with van der Waals surface area (Å²) in [5.41, 5.74) is 0. The molecule has 0 aliphatic carbocycles. The number of rotatable bonds is 5. The van der Waals surface area contributed by atoms with Crippen molar-refractivity contribution in [1.82, 2.24) is 0 Å². The predicted octanol–water partition coefficient (Wildman–Crippen LogP) is 0.714. The Morgan fingerprint density at radius 2 is 1.18 bits per heavy atom. The van der Waals surface area contributed by atoms with Crippen molar-refractivity contribution in [2.75, 3.05) is 0 Å². The fourth-order valence-electron chi connectivity index (χ4n) is 0.552. The van der Waals surface area contributed by atoms with E-state index in [0.717, 1.165) is 0 Å². The summed E-state index contributed by atoms with van der Waals surface area (Å²) in [6, 6.07) is 0. The number of hydrogen-bond donors (Lipinski definition) is 2.